The van der Waals surface area contributed by atoms with Crippen LogP contribution in [0.5, 0.6) is 5.75 Å². The molecule has 28 heavy (non-hydrogen) atoms. The smallest absolute Gasteiger partial charge is 0.149 e. The minimum absolute atomic E-state index is 0.382. The van der Waals surface area contributed by atoms with Crippen LogP contribution >= 0.6 is 11.9 Å². The molecule has 0 amide bonds. The lowest BCUT2D eigenvalue weighted by atomic mass is 9.82. The Morgan fingerprint density at radius 3 is 2.43 bits per heavy atom. The van der Waals surface area contributed by atoms with E-state index in [-0.39, 0.29) is 0 Å². The van der Waals surface area contributed by atoms with Crippen LogP contribution in [0.15, 0.2) is 47.0 Å². The second-order valence-electron chi connectivity index (χ2n) is 7.39. The maximum atomic E-state index is 11.6. The Morgan fingerprint density at radius 2 is 1.86 bits per heavy atom. The average molecular weight is 400 g/mol. The molecule has 1 fully saturated rings. The number of halogens is 1. The van der Waals surface area contributed by atoms with Gasteiger partial charge in [-0.15, -0.1) is 0 Å². The van der Waals surface area contributed by atoms with Gasteiger partial charge in [0.25, 0.3) is 0 Å². The number of carbonyl (C=O) groups excluding carboxylic acids is 1. The van der Waals surface area contributed by atoms with Gasteiger partial charge in [-0.3, -0.25) is 9.79 Å². The van der Waals surface area contributed by atoms with Crippen molar-refractivity contribution in [1.82, 2.24) is 0 Å². The number of nitrogens with zero attached hydrogens (tertiary/aromatic N) is 1. The number of carbonyl (C=O) groups is 1. The highest BCUT2D eigenvalue weighted by atomic mass is 35.5. The molecule has 0 aromatic heterocycles. The maximum absolute atomic E-state index is 11.6. The number of rotatable bonds is 6. The third-order valence-corrected chi connectivity index (χ3v) is 5.37. The van der Waals surface area contributed by atoms with E-state index in [0.29, 0.717) is 30.3 Å². The second kappa shape index (κ2) is 10.4. The molecular weight excluding hydrogens is 370 g/mol. The van der Waals surface area contributed by atoms with Crippen molar-refractivity contribution in [2.45, 2.75) is 60.3 Å². The van der Waals surface area contributed by atoms with Crippen molar-refractivity contribution in [3.05, 3.63) is 58.7 Å². The van der Waals surface area contributed by atoms with Gasteiger partial charge >= 0.3 is 0 Å². The zero-order chi connectivity index (χ0) is 20.7. The normalized spacial score (nSPS) is 17.5. The van der Waals surface area contributed by atoms with Crippen LogP contribution in [0, 0.1) is 19.8 Å². The summed E-state index contributed by atoms with van der Waals surface area (Å²) in [7, 11) is 0. The van der Waals surface area contributed by atoms with E-state index in [1.54, 1.807) is 0 Å². The van der Waals surface area contributed by atoms with Crippen LogP contribution in [0.25, 0.3) is 5.70 Å². The van der Waals surface area contributed by atoms with Crippen molar-refractivity contribution in [3.63, 3.8) is 0 Å². The van der Waals surface area contributed by atoms with Crippen LogP contribution < -0.4 is 4.29 Å². The van der Waals surface area contributed by atoms with Gasteiger partial charge in [0, 0.05) is 24.1 Å². The molecule has 0 aliphatic heterocycles. The van der Waals surface area contributed by atoms with Crippen LogP contribution in [-0.4, -0.2) is 11.5 Å². The summed E-state index contributed by atoms with van der Waals surface area (Å²) in [4.78, 5) is 16.5. The third-order valence-electron chi connectivity index (χ3n) is 5.20. The maximum Gasteiger partial charge on any atom is 0.149 e. The van der Waals surface area contributed by atoms with Gasteiger partial charge in [-0.1, -0.05) is 18.2 Å². The van der Waals surface area contributed by atoms with Crippen LogP contribution in [0.1, 0.15) is 63.1 Å². The minimum Gasteiger partial charge on any atom is -0.385 e. The fourth-order valence-electron chi connectivity index (χ4n) is 3.66. The average Bonchev–Trinajstić information content (AvgIpc) is 2.68. The van der Waals surface area contributed by atoms with E-state index in [2.05, 4.69) is 24.3 Å². The Labute approximate surface area is 174 Å². The number of aryl methyl sites for hydroxylation is 2. The van der Waals surface area contributed by atoms with E-state index >= 15 is 0 Å². The summed E-state index contributed by atoms with van der Waals surface area (Å²) < 4.78 is 4.91. The molecule has 0 saturated heterocycles. The van der Waals surface area contributed by atoms with Crippen LogP contribution in [0.3, 0.4) is 0 Å². The first kappa shape index (κ1) is 22.2. The van der Waals surface area contributed by atoms with Crippen LogP contribution in [-0.2, 0) is 4.79 Å². The predicted octanol–water partition coefficient (Wildman–Crippen LogP) is 6.92. The van der Waals surface area contributed by atoms with Gasteiger partial charge in [0.2, 0.25) is 0 Å². The Hall–Kier alpha value is -2.13. The molecule has 1 aromatic rings. The number of Topliss-reactive ketones (excluding diaryl/α,β-unsaturated/α-hetero) is 1. The highest BCUT2D eigenvalue weighted by molar-refractivity contribution is 6.09. The van der Waals surface area contributed by atoms with Gasteiger partial charge in [-0.2, -0.15) is 0 Å². The molecule has 0 heterocycles. The fourth-order valence-corrected chi connectivity index (χ4v) is 3.83. The van der Waals surface area contributed by atoms with E-state index < -0.39 is 0 Å². The van der Waals surface area contributed by atoms with Gasteiger partial charge in [0.15, 0.2) is 0 Å². The molecule has 2 rings (SSSR count). The molecule has 0 radical (unpaired) electrons. The van der Waals surface area contributed by atoms with Crippen molar-refractivity contribution >= 4 is 29.1 Å². The first-order chi connectivity index (χ1) is 13.4. The van der Waals surface area contributed by atoms with Gasteiger partial charge < -0.3 is 4.29 Å². The number of ketones is 1. The lowest BCUT2D eigenvalue weighted by molar-refractivity contribution is -0.120. The minimum atomic E-state index is 0.382. The monoisotopic (exact) mass is 399 g/mol. The molecule has 0 spiro atoms. The Balaban J connectivity index is 2.34. The van der Waals surface area contributed by atoms with Crippen molar-refractivity contribution in [3.8, 4) is 5.75 Å². The molecule has 1 saturated carbocycles. The SMILES string of the molecule is C\C=C/C(=C\C(C)=N\C(=C/C)c1cc(C)c(OCl)cc1C)C1CCC(=O)CC1. The zero-order valence-electron chi connectivity index (χ0n) is 17.5. The fraction of sp³-hybridized carbons (Fsp3) is 0.417. The summed E-state index contributed by atoms with van der Waals surface area (Å²) in [5.74, 6) is 1.48. The second-order valence-corrected chi connectivity index (χ2v) is 7.55. The van der Waals surface area contributed by atoms with Crippen molar-refractivity contribution < 1.29 is 9.08 Å². The Morgan fingerprint density at radius 1 is 1.18 bits per heavy atom. The summed E-state index contributed by atoms with van der Waals surface area (Å²) in [6.45, 7) is 10.1. The number of hydrogen-bond acceptors (Lipinski definition) is 3. The standard InChI is InChI=1S/C24H30ClNO2/c1-6-8-20(19-9-11-21(27)12-10-19)15-18(5)26-23(7-2)22-13-17(4)24(28-25)14-16(22)3/h6-8,13-15,19H,9-12H2,1-5H3/b8-6-,20-15+,23-7-,26-18+. The van der Waals surface area contributed by atoms with Crippen LogP contribution in [0.2, 0.25) is 0 Å². The molecule has 0 N–H and O–H groups in total. The van der Waals surface area contributed by atoms with Gasteiger partial charge in [0.05, 0.1) is 5.70 Å². The summed E-state index contributed by atoms with van der Waals surface area (Å²) in [6, 6.07) is 3.99. The summed E-state index contributed by atoms with van der Waals surface area (Å²) in [5, 5.41) is 0. The molecule has 0 atom stereocenters. The lowest BCUT2D eigenvalue weighted by Gasteiger charge is -2.22. The molecule has 4 heteroatoms. The number of allylic oxidation sites excluding steroid dienone is 5. The molecule has 150 valence electrons. The molecule has 0 unspecified atom stereocenters. The van der Waals surface area contributed by atoms with Crippen molar-refractivity contribution in [2.24, 2.45) is 10.9 Å². The van der Waals surface area contributed by atoms with Gasteiger partial charge in [0.1, 0.15) is 23.4 Å². The summed E-state index contributed by atoms with van der Waals surface area (Å²) >= 11 is 5.55. The lowest BCUT2D eigenvalue weighted by Crippen LogP contribution is -2.15. The first-order valence-corrected chi connectivity index (χ1v) is 10.2. The first-order valence-electron chi connectivity index (χ1n) is 9.87. The molecule has 1 aromatic carbocycles. The van der Waals surface area contributed by atoms with Crippen LogP contribution in [0.4, 0.5) is 0 Å². The number of benzene rings is 1. The highest BCUT2D eigenvalue weighted by Crippen LogP contribution is 2.31. The molecule has 1 aliphatic carbocycles. The predicted molar refractivity (Wildman–Crippen MR) is 119 cm³/mol. The van der Waals surface area contributed by atoms with E-state index in [4.69, 9.17) is 21.1 Å². The quantitative estimate of drug-likeness (QED) is 0.384. The van der Waals surface area contributed by atoms with E-state index in [1.807, 2.05) is 46.8 Å². The van der Waals surface area contributed by atoms with Gasteiger partial charge in [-0.25, -0.2) is 0 Å². The number of aliphatic imine (C=N–C) groups is 1. The van der Waals surface area contributed by atoms with Gasteiger partial charge in [-0.05, 0) is 88.3 Å². The number of hydrogen-bond donors (Lipinski definition) is 0. The molecule has 1 aliphatic rings. The third kappa shape index (κ3) is 5.68. The zero-order valence-corrected chi connectivity index (χ0v) is 18.3. The molecule has 3 nitrogen and oxygen atoms in total. The topological polar surface area (TPSA) is 38.7 Å². The van der Waals surface area contributed by atoms with E-state index in [0.717, 1.165) is 40.9 Å². The Bertz CT molecular complexity index is 836. The largest absolute Gasteiger partial charge is 0.385 e. The highest BCUT2D eigenvalue weighted by Gasteiger charge is 2.20. The van der Waals surface area contributed by atoms with E-state index in [1.165, 1.54) is 5.57 Å². The summed E-state index contributed by atoms with van der Waals surface area (Å²) in [6.07, 6.45) is 11.6. The van der Waals surface area contributed by atoms with Crippen molar-refractivity contribution in [1.29, 1.82) is 0 Å². The molecule has 0 bridgehead atoms. The van der Waals surface area contributed by atoms with E-state index in [9.17, 15) is 4.79 Å². The Kier molecular flexibility index (Phi) is 8.25. The van der Waals surface area contributed by atoms with Crippen molar-refractivity contribution in [2.75, 3.05) is 0 Å². The summed E-state index contributed by atoms with van der Waals surface area (Å²) in [5.41, 5.74) is 6.24. The molecular formula is C24H30ClNO2.